The number of Topliss-reactive ketones (excluding diaryl/α,β-unsaturated/α-hetero) is 1. The summed E-state index contributed by atoms with van der Waals surface area (Å²) in [5, 5.41) is 11.5. The van der Waals surface area contributed by atoms with E-state index in [-0.39, 0.29) is 54.9 Å². The van der Waals surface area contributed by atoms with E-state index in [9.17, 15) is 23.6 Å². The van der Waals surface area contributed by atoms with Crippen LogP contribution >= 0.6 is 0 Å². The molecule has 1 saturated heterocycles. The first kappa shape index (κ1) is 24.5. The number of H-pyrrole nitrogens is 1. The SMILES string of the molecule is CC(=O)Nc1ccc(C(=O)CCC(=O)NCC2CN(c3ccc(-c4ncn[nH]4)c(F)c3)C(=O)O2)cc1. The molecule has 0 saturated carbocycles. The summed E-state index contributed by atoms with van der Waals surface area (Å²) in [6, 6.07) is 10.6. The number of rotatable bonds is 9. The summed E-state index contributed by atoms with van der Waals surface area (Å²) in [6.45, 7) is 1.57. The van der Waals surface area contributed by atoms with Gasteiger partial charge in [0.2, 0.25) is 11.8 Å². The van der Waals surface area contributed by atoms with Crippen LogP contribution in [-0.4, -0.2) is 58.1 Å². The molecule has 1 aliphatic rings. The normalized spacial score (nSPS) is 14.9. The highest BCUT2D eigenvalue weighted by Crippen LogP contribution is 2.27. The Labute approximate surface area is 205 Å². The topological polar surface area (TPSA) is 146 Å². The van der Waals surface area contributed by atoms with Gasteiger partial charge >= 0.3 is 6.09 Å². The summed E-state index contributed by atoms with van der Waals surface area (Å²) >= 11 is 0. The smallest absolute Gasteiger partial charge is 0.414 e. The summed E-state index contributed by atoms with van der Waals surface area (Å²) in [5.74, 6) is -1.11. The molecule has 0 spiro atoms. The number of halogens is 1. The zero-order valence-electron chi connectivity index (χ0n) is 19.3. The van der Waals surface area contributed by atoms with E-state index in [0.29, 0.717) is 16.9 Å². The number of nitrogens with one attached hydrogen (secondary N) is 3. The van der Waals surface area contributed by atoms with Crippen LogP contribution in [0, 0.1) is 5.82 Å². The zero-order valence-corrected chi connectivity index (χ0v) is 19.3. The van der Waals surface area contributed by atoms with Crippen molar-refractivity contribution in [1.82, 2.24) is 20.5 Å². The molecule has 0 aliphatic carbocycles. The van der Waals surface area contributed by atoms with Crippen LogP contribution in [0.2, 0.25) is 0 Å². The van der Waals surface area contributed by atoms with E-state index in [1.54, 1.807) is 30.3 Å². The number of aromatic amines is 1. The maximum atomic E-state index is 14.5. The molecule has 1 aliphatic heterocycles. The first-order valence-corrected chi connectivity index (χ1v) is 11.1. The Kier molecular flexibility index (Phi) is 7.33. The number of ether oxygens (including phenoxy) is 1. The fourth-order valence-electron chi connectivity index (χ4n) is 3.67. The molecule has 12 heteroatoms. The van der Waals surface area contributed by atoms with E-state index in [2.05, 4.69) is 25.8 Å². The van der Waals surface area contributed by atoms with Crippen LogP contribution in [0.25, 0.3) is 11.4 Å². The van der Waals surface area contributed by atoms with E-state index in [1.807, 2.05) is 0 Å². The fraction of sp³-hybridized carbons (Fsp3) is 0.250. The van der Waals surface area contributed by atoms with Gasteiger partial charge in [-0.15, -0.1) is 0 Å². The van der Waals surface area contributed by atoms with E-state index in [1.165, 1.54) is 30.3 Å². The monoisotopic (exact) mass is 494 g/mol. The highest BCUT2D eigenvalue weighted by molar-refractivity contribution is 5.98. The van der Waals surface area contributed by atoms with E-state index in [0.717, 1.165) is 0 Å². The van der Waals surface area contributed by atoms with Gasteiger partial charge in [0, 0.05) is 31.0 Å². The van der Waals surface area contributed by atoms with E-state index in [4.69, 9.17) is 4.74 Å². The predicted molar refractivity (Wildman–Crippen MR) is 127 cm³/mol. The van der Waals surface area contributed by atoms with Crippen molar-refractivity contribution in [2.45, 2.75) is 25.9 Å². The largest absolute Gasteiger partial charge is 0.442 e. The Bertz CT molecular complexity index is 1280. The average molecular weight is 494 g/mol. The van der Waals surface area contributed by atoms with Crippen LogP contribution in [0.5, 0.6) is 0 Å². The molecule has 3 aromatic rings. The van der Waals surface area contributed by atoms with Gasteiger partial charge in [0.15, 0.2) is 11.6 Å². The van der Waals surface area contributed by atoms with Crippen molar-refractivity contribution in [3.8, 4) is 11.4 Å². The Balaban J connectivity index is 1.24. The van der Waals surface area contributed by atoms with Gasteiger partial charge in [0.1, 0.15) is 18.2 Å². The van der Waals surface area contributed by atoms with Crippen molar-refractivity contribution in [2.75, 3.05) is 23.3 Å². The number of benzene rings is 2. The van der Waals surface area contributed by atoms with Gasteiger partial charge in [-0.05, 0) is 42.5 Å². The summed E-state index contributed by atoms with van der Waals surface area (Å²) in [5.41, 5.74) is 1.53. The maximum absolute atomic E-state index is 14.5. The minimum Gasteiger partial charge on any atom is -0.442 e. The van der Waals surface area contributed by atoms with Crippen molar-refractivity contribution in [3.05, 3.63) is 60.2 Å². The molecule has 0 radical (unpaired) electrons. The molecule has 186 valence electrons. The minimum atomic E-state index is -0.654. The number of nitrogens with zero attached hydrogens (tertiary/aromatic N) is 3. The van der Waals surface area contributed by atoms with Crippen molar-refractivity contribution >= 4 is 35.1 Å². The quantitative estimate of drug-likeness (QED) is 0.388. The lowest BCUT2D eigenvalue weighted by Crippen LogP contribution is -2.34. The predicted octanol–water partition coefficient (Wildman–Crippen LogP) is 2.67. The second-order valence-corrected chi connectivity index (χ2v) is 8.10. The number of anilines is 2. The standard InChI is InChI=1S/C24H23FN6O5/c1-14(32)29-16-4-2-15(3-5-16)21(33)8-9-22(34)26-11-18-12-31(24(35)36-18)17-6-7-19(20(25)10-17)23-27-13-28-30-23/h2-7,10,13,18H,8-9,11-12H2,1H3,(H,26,34)(H,29,32)(H,27,28,30). The first-order chi connectivity index (χ1) is 17.3. The number of aromatic nitrogens is 3. The molecular weight excluding hydrogens is 471 g/mol. The molecule has 1 fully saturated rings. The number of carbonyl (C=O) groups excluding carboxylic acids is 4. The van der Waals surface area contributed by atoms with E-state index >= 15 is 0 Å². The van der Waals surface area contributed by atoms with Crippen LogP contribution in [0.1, 0.15) is 30.1 Å². The lowest BCUT2D eigenvalue weighted by Gasteiger charge is -2.14. The molecule has 1 aromatic heterocycles. The number of cyclic esters (lactones) is 1. The van der Waals surface area contributed by atoms with Crippen LogP contribution in [0.15, 0.2) is 48.8 Å². The van der Waals surface area contributed by atoms with Gasteiger partial charge in [0.25, 0.3) is 0 Å². The minimum absolute atomic E-state index is 0.00128. The van der Waals surface area contributed by atoms with Crippen molar-refractivity contribution in [1.29, 1.82) is 0 Å². The Morgan fingerprint density at radius 1 is 1.17 bits per heavy atom. The molecule has 1 unspecified atom stereocenters. The van der Waals surface area contributed by atoms with Gasteiger partial charge in [-0.2, -0.15) is 5.10 Å². The molecule has 4 rings (SSSR count). The van der Waals surface area contributed by atoms with Gasteiger partial charge in [-0.1, -0.05) is 0 Å². The second kappa shape index (κ2) is 10.8. The van der Waals surface area contributed by atoms with Crippen LogP contribution in [0.4, 0.5) is 20.6 Å². The van der Waals surface area contributed by atoms with Crippen LogP contribution in [0.3, 0.4) is 0 Å². The molecule has 0 bridgehead atoms. The van der Waals surface area contributed by atoms with Gasteiger partial charge in [-0.25, -0.2) is 14.2 Å². The van der Waals surface area contributed by atoms with Crippen molar-refractivity contribution in [3.63, 3.8) is 0 Å². The highest BCUT2D eigenvalue weighted by Gasteiger charge is 2.33. The first-order valence-electron chi connectivity index (χ1n) is 11.1. The summed E-state index contributed by atoms with van der Waals surface area (Å²) in [4.78, 5) is 53.1. The van der Waals surface area contributed by atoms with Crippen LogP contribution in [-0.2, 0) is 14.3 Å². The Morgan fingerprint density at radius 3 is 2.61 bits per heavy atom. The number of hydrogen-bond acceptors (Lipinski definition) is 7. The maximum Gasteiger partial charge on any atom is 0.414 e. The molecule has 11 nitrogen and oxygen atoms in total. The van der Waals surface area contributed by atoms with E-state index < -0.39 is 18.0 Å². The molecule has 2 heterocycles. The van der Waals surface area contributed by atoms with Gasteiger partial charge < -0.3 is 15.4 Å². The zero-order chi connectivity index (χ0) is 25.7. The third-order valence-corrected chi connectivity index (χ3v) is 5.44. The molecule has 3 N–H and O–H groups in total. The Morgan fingerprint density at radius 2 is 1.94 bits per heavy atom. The highest BCUT2D eigenvalue weighted by atomic mass is 19.1. The van der Waals surface area contributed by atoms with Crippen molar-refractivity contribution < 1.29 is 28.3 Å². The lowest BCUT2D eigenvalue weighted by molar-refractivity contribution is -0.121. The summed E-state index contributed by atoms with van der Waals surface area (Å²) < 4.78 is 19.8. The molecule has 2 aromatic carbocycles. The number of hydrogen-bond donors (Lipinski definition) is 3. The molecule has 3 amide bonds. The summed E-state index contributed by atoms with van der Waals surface area (Å²) in [7, 11) is 0. The van der Waals surface area contributed by atoms with Crippen LogP contribution < -0.4 is 15.5 Å². The Hall–Kier alpha value is -4.61. The number of carbonyl (C=O) groups is 4. The molecule has 36 heavy (non-hydrogen) atoms. The molecule has 1 atom stereocenters. The third-order valence-electron chi connectivity index (χ3n) is 5.44. The van der Waals surface area contributed by atoms with Gasteiger partial charge in [0.05, 0.1) is 24.3 Å². The van der Waals surface area contributed by atoms with Crippen molar-refractivity contribution in [2.24, 2.45) is 0 Å². The second-order valence-electron chi connectivity index (χ2n) is 8.10. The third kappa shape index (κ3) is 5.90. The molecular formula is C24H23FN6O5. The average Bonchev–Trinajstić information content (AvgIpc) is 3.51. The van der Waals surface area contributed by atoms with Gasteiger partial charge in [-0.3, -0.25) is 24.4 Å². The fourth-order valence-corrected chi connectivity index (χ4v) is 3.67. The lowest BCUT2D eigenvalue weighted by atomic mass is 10.1. The number of amides is 3. The number of ketones is 1. The summed E-state index contributed by atoms with van der Waals surface area (Å²) in [6.07, 6.45) is -0.0552.